The van der Waals surface area contributed by atoms with Gasteiger partial charge in [-0.25, -0.2) is 14.4 Å². The highest BCUT2D eigenvalue weighted by molar-refractivity contribution is 8.77. The van der Waals surface area contributed by atoms with E-state index in [4.69, 9.17) is 31.0 Å². The Morgan fingerprint density at radius 3 is 1.90 bits per heavy atom. The summed E-state index contributed by atoms with van der Waals surface area (Å²) in [5, 5.41) is 24.0. The second-order valence-electron chi connectivity index (χ2n) is 28.2. The summed E-state index contributed by atoms with van der Waals surface area (Å²) >= 11 is 2.28. The van der Waals surface area contributed by atoms with Gasteiger partial charge in [0.05, 0.1) is 5.88 Å². The number of carbonyl (C=O) groups is 12. The number of primary amides is 1. The van der Waals surface area contributed by atoms with Crippen LogP contribution in [0.25, 0.3) is 31.8 Å². The summed E-state index contributed by atoms with van der Waals surface area (Å²) < 4.78 is 16.6. The molecule has 3 aliphatic rings. The number of nitrogens with zero attached hydrogens (tertiary/aromatic N) is 10. The van der Waals surface area contributed by atoms with E-state index >= 15 is 0 Å². The summed E-state index contributed by atoms with van der Waals surface area (Å²) in [5.41, 5.74) is 27.4. The maximum atomic E-state index is 14.9. The minimum absolute atomic E-state index is 0.0173. The molecule has 9 N–H and O–H groups in total. The summed E-state index contributed by atoms with van der Waals surface area (Å²) in [4.78, 5) is 184. The van der Waals surface area contributed by atoms with Gasteiger partial charge < -0.3 is 71.5 Å². The normalized spacial score (nSPS) is 16.6. The van der Waals surface area contributed by atoms with E-state index in [0.717, 1.165) is 28.2 Å². The summed E-state index contributed by atoms with van der Waals surface area (Å²) in [6.07, 6.45) is 1.86. The fourth-order valence-corrected chi connectivity index (χ4v) is 17.0. The molecule has 4 aromatic carbocycles. The van der Waals surface area contributed by atoms with Crippen LogP contribution in [-0.4, -0.2) is 212 Å². The monoisotopic (exact) mass is 1620 g/mol. The van der Waals surface area contributed by atoms with Gasteiger partial charge in [-0.15, -0.1) is 11.8 Å². The molecule has 37 heteroatoms. The van der Waals surface area contributed by atoms with Crippen LogP contribution >= 0.6 is 45.1 Å². The molecule has 4 heterocycles. The van der Waals surface area contributed by atoms with Crippen LogP contribution in [0.15, 0.2) is 120 Å². The van der Waals surface area contributed by atoms with Gasteiger partial charge in [-0.2, -0.15) is 0 Å². The maximum absolute atomic E-state index is 14.9. The number of esters is 1. The minimum Gasteiger partial charge on any atom is -0.454 e. The number of likely N-dealkylation sites (tertiary alicyclic amines) is 2. The molecule has 10 amide bonds. The van der Waals surface area contributed by atoms with Crippen LogP contribution in [-0.2, 0) is 87.5 Å². The Morgan fingerprint density at radius 2 is 1.25 bits per heavy atom. The number of ether oxygens (including phenoxy) is 3. The number of thioether (sulfide) groups is 2. The number of nitrogens with two attached hydrogens (primary N) is 1. The zero-order chi connectivity index (χ0) is 80.7. The standard InChI is InChI=1S/C75H96N18O15S4/c1-75(2,3)112-111-44-59(85-73(104)107-40-47-25-29-51(30-26-47)86-88-77)68(99)81-55(22-12-14-34-90(4)5)67(98)84-58(37-50-39-80-54-20-10-9-19-53(50)54)72(103)106-42-63(94)91-35-16-24-61(91)70(101)82-56(21-11-13-33-79-69(100)62-45-109-46-93(62)74(105)108-41-48-27-31-52(32-28-48)87-89-78)66(97)83-57(71(102)92-36-15-23-60(92)65(76)96)38-64(95)110-43-49-17-7-6-8-18-49/h6-10,17-20,25-32,39,55-62,80H,11-16,21-24,33-38,40-46H2,1-5H3,(H2,76,96)(H,79,100)(H,81,99)(H,82,101)(H,83,97)(H,84,98)(H,85,104)/t55-,56-,57?,58-,59-,60-,61-,62-/m0/s1. The highest BCUT2D eigenvalue weighted by Gasteiger charge is 2.42. The molecule has 3 aliphatic heterocycles. The molecule has 8 rings (SSSR count). The van der Waals surface area contributed by atoms with E-state index in [1.54, 1.807) is 60.8 Å². The van der Waals surface area contributed by atoms with Gasteiger partial charge in [0.1, 0.15) is 61.5 Å². The Morgan fingerprint density at radius 1 is 0.652 bits per heavy atom. The first kappa shape index (κ1) is 87.4. The second-order valence-corrected chi connectivity index (χ2v) is 33.4. The third-order valence-electron chi connectivity index (χ3n) is 18.3. The minimum atomic E-state index is -1.53. The maximum Gasteiger partial charge on any atom is 0.411 e. The lowest BCUT2D eigenvalue weighted by atomic mass is 10.0. The largest absolute Gasteiger partial charge is 0.454 e. The van der Waals surface area contributed by atoms with E-state index in [0.29, 0.717) is 60.3 Å². The van der Waals surface area contributed by atoms with Crippen molar-refractivity contribution in [3.63, 3.8) is 0 Å². The van der Waals surface area contributed by atoms with Crippen molar-refractivity contribution in [2.75, 3.05) is 64.3 Å². The highest BCUT2D eigenvalue weighted by Crippen LogP contribution is 2.36. The molecule has 0 saturated carbocycles. The fraction of sp³-hybridized carbons (Fsp3) is 0.493. The zero-order valence-electron chi connectivity index (χ0n) is 63.1. The molecular weight excluding hydrogens is 1520 g/mol. The van der Waals surface area contributed by atoms with Crippen LogP contribution in [0.3, 0.4) is 0 Å². The lowest BCUT2D eigenvalue weighted by molar-refractivity contribution is -0.155. The Bertz CT molecular complexity index is 4200. The third kappa shape index (κ3) is 27.6. The predicted octanol–water partition coefficient (Wildman–Crippen LogP) is 8.60. The van der Waals surface area contributed by atoms with Gasteiger partial charge >= 0.3 is 18.2 Å². The molecule has 600 valence electrons. The number of aromatic nitrogens is 1. The van der Waals surface area contributed by atoms with E-state index in [1.165, 1.54) is 48.0 Å². The Balaban J connectivity index is 0.970. The number of para-hydroxylation sites is 1. The van der Waals surface area contributed by atoms with Gasteiger partial charge in [-0.3, -0.25) is 48.1 Å². The number of aromatic amines is 1. The number of azide groups is 2. The van der Waals surface area contributed by atoms with Crippen molar-refractivity contribution in [1.29, 1.82) is 0 Å². The third-order valence-corrected chi connectivity index (χ3v) is 23.7. The number of amides is 10. The average Bonchev–Trinajstić information content (AvgIpc) is 1.66. The SMILES string of the molecule is CN(C)CCCC[C@H](NC(=O)[C@H](CSSC(C)(C)C)NC(=O)OCc1ccc(N=[N+]=[N-])cc1)C(=O)N[C@@H](Cc1c[nH]c2ccccc12)C(=O)OCC(=O)N1CCC[C@H]1C(=O)N[C@@H](CCCCNC(=O)[C@@H]1CSCN1C(=O)OCc1ccc(N=[N+]=[N-])cc1)C(=O)NC(CC(=O)SCc1ccccc1)C(=O)N1CCC[C@H]1C(N)=O. The van der Waals surface area contributed by atoms with Gasteiger partial charge in [-0.05, 0) is 124 Å². The van der Waals surface area contributed by atoms with E-state index in [1.807, 2.05) is 88.3 Å². The lowest BCUT2D eigenvalue weighted by Crippen LogP contribution is -2.58. The molecule has 1 aromatic heterocycles. The van der Waals surface area contributed by atoms with Crippen LogP contribution in [0.4, 0.5) is 21.0 Å². The number of hydrogen-bond donors (Lipinski definition) is 8. The first-order valence-electron chi connectivity index (χ1n) is 36.7. The van der Waals surface area contributed by atoms with Gasteiger partial charge in [0.2, 0.25) is 41.4 Å². The van der Waals surface area contributed by atoms with Crippen molar-refractivity contribution < 1.29 is 71.7 Å². The average molecular weight is 1620 g/mol. The zero-order valence-corrected chi connectivity index (χ0v) is 66.3. The molecule has 0 spiro atoms. The Hall–Kier alpha value is -10.2. The van der Waals surface area contributed by atoms with E-state index in [9.17, 15) is 57.5 Å². The molecule has 33 nitrogen and oxygen atoms in total. The lowest BCUT2D eigenvalue weighted by Gasteiger charge is -2.30. The van der Waals surface area contributed by atoms with Crippen molar-refractivity contribution in [3.8, 4) is 0 Å². The molecule has 5 aromatic rings. The van der Waals surface area contributed by atoms with E-state index in [-0.39, 0.29) is 106 Å². The molecule has 0 bridgehead atoms. The molecule has 112 heavy (non-hydrogen) atoms. The molecule has 3 saturated heterocycles. The van der Waals surface area contributed by atoms with Gasteiger partial charge in [-0.1, -0.05) is 161 Å². The smallest absolute Gasteiger partial charge is 0.411 e. The number of alkyl carbamates (subject to hydrolysis) is 1. The number of carbonyl (C=O) groups excluding carboxylic acids is 12. The summed E-state index contributed by atoms with van der Waals surface area (Å²) in [6, 6.07) is 19.0. The summed E-state index contributed by atoms with van der Waals surface area (Å²) in [6.45, 7) is 5.57. The van der Waals surface area contributed by atoms with Crippen molar-refractivity contribution in [2.45, 2.75) is 170 Å². The van der Waals surface area contributed by atoms with Gasteiger partial charge in [0.25, 0.3) is 5.91 Å². The summed E-state index contributed by atoms with van der Waals surface area (Å²) in [5.74, 6) is -6.22. The van der Waals surface area contributed by atoms with E-state index < -0.39 is 132 Å². The highest BCUT2D eigenvalue weighted by atomic mass is 33.1. The number of rotatable bonds is 40. The molecule has 1 unspecified atom stereocenters. The van der Waals surface area contributed by atoms with Crippen LogP contribution in [0, 0.1) is 0 Å². The number of hydrogen-bond acceptors (Lipinski definition) is 22. The van der Waals surface area contributed by atoms with Crippen LogP contribution in [0.2, 0.25) is 0 Å². The molecular formula is C75H96N18O15S4. The predicted molar refractivity (Wildman–Crippen MR) is 427 cm³/mol. The quantitative estimate of drug-likeness (QED) is 0.00346. The van der Waals surface area contributed by atoms with Crippen LogP contribution in [0.5, 0.6) is 0 Å². The number of benzene rings is 4. The van der Waals surface area contributed by atoms with Crippen molar-refractivity contribution >= 4 is 138 Å². The van der Waals surface area contributed by atoms with Crippen molar-refractivity contribution in [3.05, 3.63) is 152 Å². The number of H-pyrrole nitrogens is 1. The molecule has 0 aliphatic carbocycles. The topological polar surface area (TPSA) is 457 Å². The van der Waals surface area contributed by atoms with E-state index in [2.05, 4.69) is 56.9 Å². The first-order valence-corrected chi connectivity index (χ1v) is 41.2. The van der Waals surface area contributed by atoms with Crippen molar-refractivity contribution in [1.82, 2.24) is 56.5 Å². The molecule has 8 atom stereocenters. The van der Waals surface area contributed by atoms with Crippen LogP contribution < -0.4 is 37.6 Å². The number of nitrogens with one attached hydrogen (secondary N) is 7. The number of unbranched alkanes of at least 4 members (excludes halogenated alkanes) is 2. The fourth-order valence-electron chi connectivity index (χ4n) is 12.5. The molecule has 0 radical (unpaired) electrons. The van der Waals surface area contributed by atoms with Crippen molar-refractivity contribution in [2.24, 2.45) is 16.0 Å². The number of fused-ring (bicyclic) bond motifs is 1. The Kier molecular flexibility index (Phi) is 34.5. The van der Waals surface area contributed by atoms with Gasteiger partial charge in [0.15, 0.2) is 11.7 Å². The van der Waals surface area contributed by atoms with Crippen LogP contribution in [0.1, 0.15) is 114 Å². The summed E-state index contributed by atoms with van der Waals surface area (Å²) in [7, 11) is 6.58. The first-order chi connectivity index (χ1) is 53.8. The molecule has 3 fully saturated rings. The van der Waals surface area contributed by atoms with Gasteiger partial charge in [0, 0.05) is 92.8 Å². The second kappa shape index (κ2) is 44.2. The Labute approximate surface area is 664 Å².